The zero-order valence-corrected chi connectivity index (χ0v) is 11.8. The van der Waals surface area contributed by atoms with Crippen molar-refractivity contribution in [3.63, 3.8) is 0 Å². The first kappa shape index (κ1) is 15.7. The molecule has 0 bridgehead atoms. The molecule has 1 nitrogen and oxygen atoms in total. The Labute approximate surface area is 116 Å². The lowest BCUT2D eigenvalue weighted by atomic mass is 10.1. The third-order valence-electron chi connectivity index (χ3n) is 2.03. The van der Waals surface area contributed by atoms with Crippen LogP contribution in [0.4, 0.5) is 13.2 Å². The van der Waals surface area contributed by atoms with Crippen molar-refractivity contribution < 1.29 is 18.0 Å². The molecule has 0 aliphatic heterocycles. The Balaban J connectivity index is 3.12. The molecule has 0 aliphatic carbocycles. The number of thioether (sulfide) groups is 2. The van der Waals surface area contributed by atoms with Crippen molar-refractivity contribution in [2.24, 2.45) is 0 Å². The molecule has 0 aromatic heterocycles. The number of benzene rings is 1. The molecule has 1 rings (SSSR count). The average molecular weight is 315 g/mol. The zero-order valence-electron chi connectivity index (χ0n) is 9.38. The minimum Gasteiger partial charge on any atom is -0.298 e. The summed E-state index contributed by atoms with van der Waals surface area (Å²) >= 11 is 6.41. The number of alkyl halides is 4. The van der Waals surface area contributed by atoms with Crippen LogP contribution < -0.4 is 0 Å². The van der Waals surface area contributed by atoms with E-state index in [9.17, 15) is 18.0 Å². The van der Waals surface area contributed by atoms with E-state index in [1.165, 1.54) is 17.8 Å². The molecule has 0 spiro atoms. The Kier molecular flexibility index (Phi) is 5.88. The molecule has 0 saturated heterocycles. The molecular formula is C11H10ClF3OS2. The number of ketones is 1. The molecule has 7 heteroatoms. The molecule has 1 aromatic rings. The van der Waals surface area contributed by atoms with Gasteiger partial charge in [-0.25, -0.2) is 0 Å². The van der Waals surface area contributed by atoms with Crippen LogP contribution in [0.1, 0.15) is 5.56 Å². The monoisotopic (exact) mass is 314 g/mol. The van der Waals surface area contributed by atoms with E-state index < -0.39 is 5.51 Å². The first-order chi connectivity index (χ1) is 8.37. The number of carbonyl (C=O) groups excluding carboxylic acids is 1. The second-order valence-corrected chi connectivity index (χ2v) is 5.54. The Morgan fingerprint density at radius 1 is 1.39 bits per heavy atom. The van der Waals surface area contributed by atoms with Crippen LogP contribution in [0.3, 0.4) is 0 Å². The van der Waals surface area contributed by atoms with Crippen molar-refractivity contribution in [1.82, 2.24) is 0 Å². The minimum absolute atomic E-state index is 0.0731. The van der Waals surface area contributed by atoms with Crippen LogP contribution in [0.25, 0.3) is 0 Å². The van der Waals surface area contributed by atoms with E-state index in [0.717, 1.165) is 0 Å². The summed E-state index contributed by atoms with van der Waals surface area (Å²) in [4.78, 5) is 11.9. The van der Waals surface area contributed by atoms with Gasteiger partial charge in [-0.3, -0.25) is 4.79 Å². The van der Waals surface area contributed by atoms with Gasteiger partial charge in [0, 0.05) is 16.2 Å². The fourth-order valence-corrected chi connectivity index (χ4v) is 3.02. The van der Waals surface area contributed by atoms with Crippen LogP contribution in [-0.2, 0) is 11.2 Å². The quantitative estimate of drug-likeness (QED) is 0.593. The lowest BCUT2D eigenvalue weighted by Crippen LogP contribution is -2.07. The van der Waals surface area contributed by atoms with Crippen LogP contribution >= 0.6 is 35.1 Å². The molecule has 1 aromatic carbocycles. The van der Waals surface area contributed by atoms with E-state index in [2.05, 4.69) is 0 Å². The summed E-state index contributed by atoms with van der Waals surface area (Å²) < 4.78 is 37.5. The molecule has 100 valence electrons. The normalized spacial score (nSPS) is 11.6. The molecule has 0 unspecified atom stereocenters. The van der Waals surface area contributed by atoms with E-state index >= 15 is 0 Å². The van der Waals surface area contributed by atoms with E-state index in [-0.39, 0.29) is 34.7 Å². The smallest absolute Gasteiger partial charge is 0.298 e. The highest BCUT2D eigenvalue weighted by atomic mass is 35.5. The van der Waals surface area contributed by atoms with Crippen molar-refractivity contribution in [3.05, 3.63) is 23.8 Å². The fourth-order valence-electron chi connectivity index (χ4n) is 1.35. The summed E-state index contributed by atoms with van der Waals surface area (Å²) in [6.07, 6.45) is 1.62. The van der Waals surface area contributed by atoms with E-state index in [1.807, 2.05) is 0 Å². The molecule has 0 N–H and O–H groups in total. The Morgan fingerprint density at radius 2 is 2.06 bits per heavy atom. The number of halogens is 4. The summed E-state index contributed by atoms with van der Waals surface area (Å²) in [7, 11) is 0. The predicted octanol–water partition coefficient (Wildman–Crippen LogP) is 4.37. The summed E-state index contributed by atoms with van der Waals surface area (Å²) in [6, 6.07) is 4.77. The first-order valence-electron chi connectivity index (χ1n) is 4.86. The second-order valence-electron chi connectivity index (χ2n) is 3.35. The molecular weight excluding hydrogens is 305 g/mol. The Hall–Kier alpha value is -0.330. The molecule has 0 radical (unpaired) electrons. The summed E-state index contributed by atoms with van der Waals surface area (Å²) in [5.41, 5.74) is -4.00. The topological polar surface area (TPSA) is 17.1 Å². The molecule has 0 amide bonds. The van der Waals surface area contributed by atoms with Gasteiger partial charge in [0.1, 0.15) is 0 Å². The average Bonchev–Trinajstić information content (AvgIpc) is 2.29. The maximum atomic E-state index is 12.5. The van der Waals surface area contributed by atoms with Crippen molar-refractivity contribution in [2.45, 2.75) is 21.7 Å². The van der Waals surface area contributed by atoms with Crippen LogP contribution in [-0.4, -0.2) is 23.4 Å². The third kappa shape index (κ3) is 4.74. The number of rotatable bonds is 5. The van der Waals surface area contributed by atoms with Crippen LogP contribution in [0.2, 0.25) is 0 Å². The predicted molar refractivity (Wildman–Crippen MR) is 69.6 cm³/mol. The molecule has 0 heterocycles. The van der Waals surface area contributed by atoms with Crippen LogP contribution in [0.15, 0.2) is 28.0 Å². The highest BCUT2D eigenvalue weighted by molar-refractivity contribution is 8.02. The molecule has 0 saturated carbocycles. The lowest BCUT2D eigenvalue weighted by molar-refractivity contribution is -0.116. The number of hydrogen-bond donors (Lipinski definition) is 0. The van der Waals surface area contributed by atoms with E-state index in [4.69, 9.17) is 11.6 Å². The van der Waals surface area contributed by atoms with Crippen molar-refractivity contribution in [3.8, 4) is 0 Å². The maximum absolute atomic E-state index is 12.5. The number of carbonyl (C=O) groups is 1. The largest absolute Gasteiger partial charge is 0.446 e. The number of Topliss-reactive ketones (excluding diaryl/α,β-unsaturated/α-hetero) is 1. The summed E-state index contributed by atoms with van der Waals surface area (Å²) in [5.74, 6) is -0.487. The Morgan fingerprint density at radius 3 is 2.56 bits per heavy atom. The summed E-state index contributed by atoms with van der Waals surface area (Å²) in [5, 5.41) is 0. The maximum Gasteiger partial charge on any atom is 0.446 e. The molecule has 18 heavy (non-hydrogen) atoms. The van der Waals surface area contributed by atoms with Gasteiger partial charge in [-0.1, -0.05) is 12.1 Å². The van der Waals surface area contributed by atoms with Gasteiger partial charge >= 0.3 is 5.51 Å². The lowest BCUT2D eigenvalue weighted by Gasteiger charge is -2.14. The SMILES string of the molecule is CSc1cccc(CC(=O)CCl)c1SC(F)(F)F. The van der Waals surface area contributed by atoms with Gasteiger partial charge < -0.3 is 0 Å². The van der Waals surface area contributed by atoms with E-state index in [1.54, 1.807) is 18.4 Å². The van der Waals surface area contributed by atoms with Crippen molar-refractivity contribution in [2.75, 3.05) is 12.1 Å². The van der Waals surface area contributed by atoms with Crippen molar-refractivity contribution >= 4 is 40.9 Å². The van der Waals surface area contributed by atoms with Crippen LogP contribution in [0, 0.1) is 0 Å². The van der Waals surface area contributed by atoms with Gasteiger partial charge in [0.25, 0.3) is 0 Å². The second kappa shape index (κ2) is 6.73. The highest BCUT2D eigenvalue weighted by Gasteiger charge is 2.31. The van der Waals surface area contributed by atoms with Crippen molar-refractivity contribution in [1.29, 1.82) is 0 Å². The third-order valence-corrected chi connectivity index (χ3v) is 4.16. The molecule has 0 atom stereocenters. The van der Waals surface area contributed by atoms with Gasteiger partial charge in [0.05, 0.1) is 5.88 Å². The summed E-state index contributed by atoms with van der Waals surface area (Å²) in [6.45, 7) is 0. The first-order valence-corrected chi connectivity index (χ1v) is 7.44. The van der Waals surface area contributed by atoms with Gasteiger partial charge in [0.15, 0.2) is 5.78 Å². The van der Waals surface area contributed by atoms with Gasteiger partial charge in [-0.15, -0.1) is 23.4 Å². The Bertz CT molecular complexity index is 435. The fraction of sp³-hybridized carbons (Fsp3) is 0.364. The molecule has 0 aliphatic rings. The zero-order chi connectivity index (χ0) is 13.8. The van der Waals surface area contributed by atoms with Gasteiger partial charge in [0.2, 0.25) is 0 Å². The van der Waals surface area contributed by atoms with Crippen LogP contribution in [0.5, 0.6) is 0 Å². The minimum atomic E-state index is -4.37. The van der Waals surface area contributed by atoms with Gasteiger partial charge in [-0.05, 0) is 29.6 Å². The van der Waals surface area contributed by atoms with Gasteiger partial charge in [-0.2, -0.15) is 13.2 Å². The molecule has 0 fully saturated rings. The standard InChI is InChI=1S/C11H10ClF3OS2/c1-17-9-4-2-3-7(5-8(16)6-12)10(9)18-11(13,14)15/h2-4H,5-6H2,1H3. The number of hydrogen-bond acceptors (Lipinski definition) is 3. The highest BCUT2D eigenvalue weighted by Crippen LogP contribution is 2.43. The van der Waals surface area contributed by atoms with E-state index in [0.29, 0.717) is 10.5 Å².